The average Bonchev–Trinajstić information content (AvgIpc) is 2.44. The molecule has 15 heavy (non-hydrogen) atoms. The van der Waals surface area contributed by atoms with Crippen LogP contribution < -0.4 is 0 Å². The summed E-state index contributed by atoms with van der Waals surface area (Å²) in [7, 11) is 0. The fraction of sp³-hybridized carbons (Fsp3) is 0.100. The molecule has 0 N–H and O–H groups in total. The maximum absolute atomic E-state index is 11.6. The van der Waals surface area contributed by atoms with Crippen molar-refractivity contribution < 1.29 is 14.4 Å². The largest absolute Gasteiger partial charge is 0.279 e. The number of carbonyl (C=O) groups excluding carboxylic acids is 3. The van der Waals surface area contributed by atoms with E-state index < -0.39 is 17.1 Å². The predicted octanol–water partition coefficient (Wildman–Crippen LogP) is 1.05. The van der Waals surface area contributed by atoms with Crippen LogP contribution in [-0.4, -0.2) is 28.5 Å². The van der Waals surface area contributed by atoms with E-state index in [-0.39, 0.29) is 6.54 Å². The van der Waals surface area contributed by atoms with Gasteiger partial charge in [0, 0.05) is 0 Å². The van der Waals surface area contributed by atoms with Crippen LogP contribution >= 0.6 is 11.6 Å². The Balaban J connectivity index is 2.41. The van der Waals surface area contributed by atoms with Crippen molar-refractivity contribution in [3.8, 4) is 0 Å². The van der Waals surface area contributed by atoms with Crippen molar-refractivity contribution in [3.05, 3.63) is 35.4 Å². The van der Waals surface area contributed by atoms with Gasteiger partial charge in [0.2, 0.25) is 5.24 Å². The number of amides is 2. The standard InChI is InChI=1S/C10H6ClNO3/c11-8(13)5-12-9(14)6-3-1-2-4-7(6)10(12)15/h1-4H,5H2/i5+1,12+1. The van der Waals surface area contributed by atoms with E-state index in [1.807, 2.05) is 0 Å². The van der Waals surface area contributed by atoms with Gasteiger partial charge in [-0.2, -0.15) is 0 Å². The summed E-state index contributed by atoms with van der Waals surface area (Å²) in [5.74, 6) is -0.936. The molecular weight excluding hydrogens is 220 g/mol. The third-order valence-corrected chi connectivity index (χ3v) is 2.28. The van der Waals surface area contributed by atoms with Crippen molar-refractivity contribution in [1.29, 1.82) is 0 Å². The lowest BCUT2D eigenvalue weighted by molar-refractivity contribution is -0.112. The van der Waals surface area contributed by atoms with Crippen LogP contribution in [0.1, 0.15) is 20.7 Å². The molecule has 1 aliphatic heterocycles. The molecule has 0 atom stereocenters. The highest BCUT2D eigenvalue weighted by atomic mass is 35.5. The van der Waals surface area contributed by atoms with Gasteiger partial charge in [-0.15, -0.1) is 0 Å². The van der Waals surface area contributed by atoms with Crippen molar-refractivity contribution in [3.63, 3.8) is 0 Å². The lowest BCUT2D eigenvalue weighted by Crippen LogP contribution is -2.33. The zero-order valence-electron chi connectivity index (χ0n) is 7.57. The predicted molar refractivity (Wildman–Crippen MR) is 52.7 cm³/mol. The molecule has 0 spiro atoms. The molecule has 0 bridgehead atoms. The fourth-order valence-electron chi connectivity index (χ4n) is 1.51. The minimum absolute atomic E-state index is 0.320. The first-order valence-electron chi connectivity index (χ1n) is 4.25. The number of benzene rings is 1. The molecule has 0 aromatic heterocycles. The Bertz CT molecular complexity index is 434. The molecule has 1 aliphatic rings. The SMILES string of the molecule is O=C(Cl)[13CH2][15N]1C(=O)c2ccccc2C1=O. The molecule has 0 aliphatic carbocycles. The van der Waals surface area contributed by atoms with Gasteiger partial charge < -0.3 is 0 Å². The summed E-state index contributed by atoms with van der Waals surface area (Å²) >= 11 is 5.15. The third-order valence-electron chi connectivity index (χ3n) is 2.16. The maximum atomic E-state index is 11.6. The summed E-state index contributed by atoms with van der Waals surface area (Å²) in [6, 6.07) is 6.43. The normalized spacial score (nSPS) is 14.3. The van der Waals surface area contributed by atoms with E-state index in [0.717, 1.165) is 4.90 Å². The topological polar surface area (TPSA) is 54.5 Å². The quantitative estimate of drug-likeness (QED) is 0.327. The van der Waals surface area contributed by atoms with Crippen molar-refractivity contribution >= 4 is 28.7 Å². The summed E-state index contributed by atoms with van der Waals surface area (Å²) in [5.41, 5.74) is 0.640. The summed E-state index contributed by atoms with van der Waals surface area (Å²) in [4.78, 5) is 34.8. The Morgan fingerprint density at radius 2 is 1.60 bits per heavy atom. The van der Waals surface area contributed by atoms with Crippen LogP contribution in [0.5, 0.6) is 0 Å². The molecule has 0 unspecified atom stereocenters. The molecule has 5 heteroatoms. The van der Waals surface area contributed by atoms with E-state index in [0.29, 0.717) is 11.1 Å². The van der Waals surface area contributed by atoms with E-state index in [1.54, 1.807) is 24.3 Å². The number of fused-ring (bicyclic) bond motifs is 1. The molecule has 0 fully saturated rings. The molecule has 0 saturated heterocycles. The second kappa shape index (κ2) is 3.47. The number of halogens is 1. The van der Waals surface area contributed by atoms with Gasteiger partial charge in [-0.05, 0) is 23.7 Å². The highest BCUT2D eigenvalue weighted by Crippen LogP contribution is 2.22. The van der Waals surface area contributed by atoms with Gasteiger partial charge in [0.15, 0.2) is 0 Å². The van der Waals surface area contributed by atoms with E-state index in [9.17, 15) is 14.4 Å². The van der Waals surface area contributed by atoms with Crippen LogP contribution in [0.15, 0.2) is 24.3 Å². The Morgan fingerprint density at radius 1 is 1.13 bits per heavy atom. The molecular formula is C10H6ClNO3. The van der Waals surface area contributed by atoms with Crippen LogP contribution in [0.25, 0.3) is 0 Å². The summed E-state index contributed by atoms with van der Waals surface area (Å²) < 4.78 is 0. The first-order valence-corrected chi connectivity index (χ1v) is 4.62. The molecule has 2 amide bonds. The average molecular weight is 226 g/mol. The van der Waals surface area contributed by atoms with E-state index in [4.69, 9.17) is 11.6 Å². The molecule has 1 heterocycles. The number of hydrogen-bond donors (Lipinski definition) is 0. The smallest absolute Gasteiger partial charge is 0.262 e. The first kappa shape index (κ1) is 9.86. The molecule has 2 rings (SSSR count). The van der Waals surface area contributed by atoms with Crippen LogP contribution in [0.3, 0.4) is 0 Å². The first-order chi connectivity index (χ1) is 7.11. The number of hydrogen-bond acceptors (Lipinski definition) is 3. The minimum Gasteiger partial charge on any atom is -0.279 e. The zero-order chi connectivity index (χ0) is 11.0. The number of nitrogens with zero attached hydrogens (tertiary/aromatic N) is 1. The fourth-order valence-corrected chi connectivity index (χ4v) is 1.63. The Morgan fingerprint density at radius 3 is 2.00 bits per heavy atom. The van der Waals surface area contributed by atoms with Crippen molar-refractivity contribution in [2.24, 2.45) is 0 Å². The number of imide groups is 1. The van der Waals surface area contributed by atoms with Gasteiger partial charge >= 0.3 is 0 Å². The molecule has 0 saturated carbocycles. The lowest BCUT2D eigenvalue weighted by Gasteiger charge is -2.09. The number of carbonyl (C=O) groups is 3. The van der Waals surface area contributed by atoms with Crippen molar-refractivity contribution in [2.75, 3.05) is 6.54 Å². The monoisotopic (exact) mass is 225 g/mol. The molecule has 0 radical (unpaired) electrons. The van der Waals surface area contributed by atoms with Gasteiger partial charge in [-0.25, -0.2) is 0 Å². The molecule has 1 aromatic carbocycles. The highest BCUT2D eigenvalue weighted by Gasteiger charge is 2.35. The lowest BCUT2D eigenvalue weighted by atomic mass is 10.1. The minimum atomic E-state index is -0.732. The van der Waals surface area contributed by atoms with E-state index >= 15 is 0 Å². The zero-order valence-corrected chi connectivity index (χ0v) is 8.32. The Kier molecular flexibility index (Phi) is 2.28. The van der Waals surface area contributed by atoms with Crippen molar-refractivity contribution in [2.45, 2.75) is 0 Å². The van der Waals surface area contributed by atoms with Gasteiger partial charge in [0.25, 0.3) is 11.8 Å². The second-order valence-corrected chi connectivity index (χ2v) is 3.52. The Labute approximate surface area is 90.4 Å². The second-order valence-electron chi connectivity index (χ2n) is 3.10. The molecule has 1 aromatic rings. The van der Waals surface area contributed by atoms with Crippen LogP contribution in [0.4, 0.5) is 0 Å². The van der Waals surface area contributed by atoms with Crippen LogP contribution in [0.2, 0.25) is 0 Å². The van der Waals surface area contributed by atoms with Gasteiger partial charge in [-0.3, -0.25) is 19.3 Å². The van der Waals surface area contributed by atoms with Gasteiger partial charge in [0.1, 0.15) is 6.54 Å². The summed E-state index contributed by atoms with van der Waals surface area (Å²) in [6.07, 6.45) is 0. The Hall–Kier alpha value is -1.68. The van der Waals surface area contributed by atoms with E-state index in [1.165, 1.54) is 0 Å². The highest BCUT2D eigenvalue weighted by molar-refractivity contribution is 6.64. The van der Waals surface area contributed by atoms with Crippen LogP contribution in [-0.2, 0) is 4.79 Å². The molecule has 4 nitrogen and oxygen atoms in total. The van der Waals surface area contributed by atoms with E-state index in [2.05, 4.69) is 0 Å². The number of rotatable bonds is 2. The summed E-state index contributed by atoms with van der Waals surface area (Å²) in [5, 5.41) is -0.732. The molecule has 76 valence electrons. The van der Waals surface area contributed by atoms with Gasteiger partial charge in [-0.1, -0.05) is 12.1 Å². The van der Waals surface area contributed by atoms with Crippen LogP contribution in [0, 0.1) is 0 Å². The third kappa shape index (κ3) is 1.53. The van der Waals surface area contributed by atoms with Crippen molar-refractivity contribution in [1.82, 2.24) is 4.90 Å². The maximum Gasteiger partial charge on any atom is 0.262 e. The summed E-state index contributed by atoms with van der Waals surface area (Å²) in [6.45, 7) is -0.381. The van der Waals surface area contributed by atoms with Gasteiger partial charge in [0.05, 0.1) is 11.1 Å².